The van der Waals surface area contributed by atoms with E-state index in [1.807, 2.05) is 19.6 Å². The molecular formula is C31H50N6O5. The monoisotopic (exact) mass is 586 g/mol. The lowest BCUT2D eigenvalue weighted by molar-refractivity contribution is -0.146. The van der Waals surface area contributed by atoms with Gasteiger partial charge in [0, 0.05) is 76.8 Å². The second-order valence-corrected chi connectivity index (χ2v) is 13.7. The lowest BCUT2D eigenvalue weighted by Crippen LogP contribution is -2.58. The number of hydrogen-bond donors (Lipinski definition) is 1. The maximum absolute atomic E-state index is 14.1. The lowest BCUT2D eigenvalue weighted by atomic mass is 9.80. The first-order valence-electron chi connectivity index (χ1n) is 16.5. The fraction of sp³-hybridized carbons (Fsp3) is 0.871. The van der Waals surface area contributed by atoms with Crippen molar-refractivity contribution in [3.8, 4) is 0 Å². The third kappa shape index (κ3) is 6.06. The van der Waals surface area contributed by atoms with Gasteiger partial charge in [0.2, 0.25) is 23.6 Å². The maximum atomic E-state index is 14.1. The number of nitrogens with one attached hydrogen (secondary N) is 1. The van der Waals surface area contributed by atoms with E-state index in [2.05, 4.69) is 24.1 Å². The quantitative estimate of drug-likeness (QED) is 0.512. The minimum absolute atomic E-state index is 0.0169. The Hall–Kier alpha value is -2.24. The zero-order chi connectivity index (χ0) is 29.4. The van der Waals surface area contributed by atoms with E-state index >= 15 is 0 Å². The summed E-state index contributed by atoms with van der Waals surface area (Å²) in [6.45, 7) is 10.5. The Morgan fingerprint density at radius 2 is 1.62 bits per heavy atom. The summed E-state index contributed by atoms with van der Waals surface area (Å²) in [5.74, 6) is 0.280. The molecule has 0 unspecified atom stereocenters. The standard InChI is InChI=1S/C31H50N6O5/c1-21(2)32-25-8-13-37-28(39)19-23-20-35(10-5-22(23)18-27(38)33-14-16-42-17-15-33)30(40)26-4-3-9-36(26)24-6-11-34(12-7-24)31(41)29(25)37/h21-26,29,32H,3-20H2,1-2H3/t22-,23-,25+,26-,29-/m0/s1. The molecule has 1 N–H and O–H groups in total. The van der Waals surface area contributed by atoms with Gasteiger partial charge >= 0.3 is 0 Å². The van der Waals surface area contributed by atoms with Crippen LogP contribution in [0.2, 0.25) is 0 Å². The molecule has 0 spiro atoms. The van der Waals surface area contributed by atoms with Crippen LogP contribution in [0.3, 0.4) is 0 Å². The van der Waals surface area contributed by atoms with Crippen LogP contribution in [0.4, 0.5) is 0 Å². The highest BCUT2D eigenvalue weighted by Crippen LogP contribution is 2.35. The molecule has 4 bridgehead atoms. The molecule has 11 nitrogen and oxygen atoms in total. The van der Waals surface area contributed by atoms with E-state index in [1.54, 1.807) is 0 Å². The van der Waals surface area contributed by atoms with Crippen LogP contribution in [0.25, 0.3) is 0 Å². The van der Waals surface area contributed by atoms with Crippen LogP contribution < -0.4 is 5.32 Å². The maximum Gasteiger partial charge on any atom is 0.246 e. The summed E-state index contributed by atoms with van der Waals surface area (Å²) >= 11 is 0. The molecule has 7 aliphatic heterocycles. The van der Waals surface area contributed by atoms with E-state index in [1.165, 1.54) is 0 Å². The number of rotatable bonds is 4. The van der Waals surface area contributed by atoms with E-state index < -0.39 is 6.04 Å². The summed E-state index contributed by atoms with van der Waals surface area (Å²) in [4.78, 5) is 65.6. The van der Waals surface area contributed by atoms with Crippen LogP contribution in [-0.2, 0) is 23.9 Å². The predicted octanol–water partition coefficient (Wildman–Crippen LogP) is 0.527. The second-order valence-electron chi connectivity index (χ2n) is 13.7. The third-order valence-corrected chi connectivity index (χ3v) is 10.8. The molecule has 0 saturated carbocycles. The van der Waals surface area contributed by atoms with Crippen LogP contribution >= 0.6 is 0 Å². The number of fused-ring (bicyclic) bond motifs is 3. The molecule has 0 aromatic heterocycles. The van der Waals surface area contributed by atoms with Gasteiger partial charge in [0.25, 0.3) is 0 Å². The van der Waals surface area contributed by atoms with Crippen molar-refractivity contribution in [2.75, 3.05) is 65.6 Å². The molecule has 4 amide bonds. The van der Waals surface area contributed by atoms with Crippen molar-refractivity contribution >= 4 is 23.6 Å². The molecule has 0 aromatic rings. The molecule has 0 aliphatic carbocycles. The first-order valence-corrected chi connectivity index (χ1v) is 16.5. The Balaban J connectivity index is 1.28. The highest BCUT2D eigenvalue weighted by atomic mass is 16.5. The van der Waals surface area contributed by atoms with Gasteiger partial charge in [0.1, 0.15) is 6.04 Å². The average Bonchev–Trinajstić information content (AvgIpc) is 3.65. The average molecular weight is 587 g/mol. The van der Waals surface area contributed by atoms with E-state index in [4.69, 9.17) is 4.74 Å². The minimum atomic E-state index is -0.504. The Labute approximate surface area is 250 Å². The second kappa shape index (κ2) is 12.8. The number of nitrogens with zero attached hydrogens (tertiary/aromatic N) is 5. The number of morpholine rings is 1. The van der Waals surface area contributed by atoms with Crippen molar-refractivity contribution in [2.24, 2.45) is 11.8 Å². The summed E-state index contributed by atoms with van der Waals surface area (Å²) in [6.07, 6.45) is 5.76. The Kier molecular flexibility index (Phi) is 9.07. The summed E-state index contributed by atoms with van der Waals surface area (Å²) in [7, 11) is 0. The van der Waals surface area contributed by atoms with Gasteiger partial charge in [-0.1, -0.05) is 13.8 Å². The van der Waals surface area contributed by atoms with Crippen LogP contribution in [0.1, 0.15) is 65.2 Å². The van der Waals surface area contributed by atoms with Crippen LogP contribution in [-0.4, -0.2) is 144 Å². The third-order valence-electron chi connectivity index (χ3n) is 10.8. The van der Waals surface area contributed by atoms with Crippen LogP contribution in [0, 0.1) is 11.8 Å². The molecule has 7 fully saturated rings. The van der Waals surface area contributed by atoms with Crippen LogP contribution in [0.5, 0.6) is 0 Å². The van der Waals surface area contributed by atoms with E-state index in [9.17, 15) is 19.2 Å². The molecule has 0 radical (unpaired) electrons. The number of carbonyl (C=O) groups is 4. The normalized spacial score (nSPS) is 35.0. The van der Waals surface area contributed by atoms with Crippen molar-refractivity contribution in [3.63, 3.8) is 0 Å². The van der Waals surface area contributed by atoms with Gasteiger partial charge in [0.15, 0.2) is 0 Å². The Bertz CT molecular complexity index is 1030. The van der Waals surface area contributed by atoms with E-state index in [0.717, 1.165) is 45.1 Å². The summed E-state index contributed by atoms with van der Waals surface area (Å²) < 4.78 is 5.44. The molecule has 7 aliphatic rings. The van der Waals surface area contributed by atoms with Crippen molar-refractivity contribution in [1.82, 2.24) is 29.8 Å². The van der Waals surface area contributed by atoms with Gasteiger partial charge in [0.05, 0.1) is 19.3 Å². The molecular weight excluding hydrogens is 536 g/mol. The number of hydrogen-bond acceptors (Lipinski definition) is 7. The predicted molar refractivity (Wildman–Crippen MR) is 156 cm³/mol. The van der Waals surface area contributed by atoms with E-state index in [-0.39, 0.29) is 60.0 Å². The molecule has 7 heterocycles. The van der Waals surface area contributed by atoms with Gasteiger partial charge < -0.3 is 29.7 Å². The van der Waals surface area contributed by atoms with Gasteiger partial charge in [-0.25, -0.2) is 0 Å². The largest absolute Gasteiger partial charge is 0.378 e. The Morgan fingerprint density at radius 3 is 2.36 bits per heavy atom. The summed E-state index contributed by atoms with van der Waals surface area (Å²) in [6, 6.07) is -0.174. The fourth-order valence-electron chi connectivity index (χ4n) is 8.58. The number of amides is 4. The fourth-order valence-corrected chi connectivity index (χ4v) is 8.58. The molecule has 5 atom stereocenters. The molecule has 234 valence electrons. The highest BCUT2D eigenvalue weighted by Gasteiger charge is 2.47. The first-order chi connectivity index (χ1) is 20.3. The smallest absolute Gasteiger partial charge is 0.246 e. The molecule has 0 aromatic carbocycles. The van der Waals surface area contributed by atoms with Crippen molar-refractivity contribution in [3.05, 3.63) is 0 Å². The summed E-state index contributed by atoms with van der Waals surface area (Å²) in [5.41, 5.74) is 0. The number of piperidine rings is 2. The Morgan fingerprint density at radius 1 is 0.881 bits per heavy atom. The summed E-state index contributed by atoms with van der Waals surface area (Å²) in [5, 5.41) is 3.58. The molecule has 7 saturated heterocycles. The van der Waals surface area contributed by atoms with Crippen molar-refractivity contribution in [2.45, 2.75) is 95.4 Å². The van der Waals surface area contributed by atoms with Crippen molar-refractivity contribution in [1.29, 1.82) is 0 Å². The molecule has 11 heteroatoms. The van der Waals surface area contributed by atoms with Gasteiger partial charge in [-0.3, -0.25) is 24.1 Å². The zero-order valence-corrected chi connectivity index (χ0v) is 25.5. The van der Waals surface area contributed by atoms with Crippen LogP contribution in [0.15, 0.2) is 0 Å². The van der Waals surface area contributed by atoms with Gasteiger partial charge in [-0.2, -0.15) is 0 Å². The number of carbonyl (C=O) groups excluding carboxylic acids is 4. The zero-order valence-electron chi connectivity index (χ0n) is 25.5. The van der Waals surface area contributed by atoms with E-state index in [0.29, 0.717) is 71.5 Å². The van der Waals surface area contributed by atoms with Gasteiger partial charge in [-0.15, -0.1) is 0 Å². The van der Waals surface area contributed by atoms with Gasteiger partial charge in [-0.05, 0) is 56.9 Å². The highest BCUT2D eigenvalue weighted by molar-refractivity contribution is 5.89. The lowest BCUT2D eigenvalue weighted by Gasteiger charge is -2.43. The first kappa shape index (κ1) is 29.8. The minimum Gasteiger partial charge on any atom is -0.378 e. The topological polar surface area (TPSA) is 106 Å². The molecule has 7 rings (SSSR count). The molecule has 42 heavy (non-hydrogen) atoms. The van der Waals surface area contributed by atoms with Crippen molar-refractivity contribution < 1.29 is 23.9 Å². The SMILES string of the molecule is CC(C)N[C@@H]1CCN2C(=O)C[C@H]3CN(CC[C@H]3CC(=O)N3CCOCC3)C(=O)[C@@H]3CCCN3C3CCN(CC3)C(=O)[C@H]12. The number of ether oxygens (including phenoxy) is 1.